The van der Waals surface area contributed by atoms with Crippen molar-refractivity contribution in [2.75, 3.05) is 6.66 Å². The lowest BCUT2D eigenvalue weighted by molar-refractivity contribution is 0.658. The number of rotatable bonds is 5. The molecule has 0 fully saturated rings. The van der Waals surface area contributed by atoms with Gasteiger partial charge >= 0.3 is 0 Å². The predicted molar refractivity (Wildman–Crippen MR) is 65.8 cm³/mol. The zero-order valence-electron chi connectivity index (χ0n) is 9.59. The van der Waals surface area contributed by atoms with E-state index in [1.165, 1.54) is 6.42 Å². The summed E-state index contributed by atoms with van der Waals surface area (Å²) in [6.45, 7) is 11.2. The van der Waals surface area contributed by atoms with Gasteiger partial charge in [0.25, 0.3) is 0 Å². The summed E-state index contributed by atoms with van der Waals surface area (Å²) in [7, 11) is 0.955. The molecule has 0 heterocycles. The summed E-state index contributed by atoms with van der Waals surface area (Å²) in [5.74, 6) is 1.45. The van der Waals surface area contributed by atoms with Crippen LogP contribution in [-0.4, -0.2) is 6.66 Å². The van der Waals surface area contributed by atoms with Gasteiger partial charge in [-0.05, 0) is 30.2 Å². The standard InChI is InChI=1S/C12H23P/c1-10(2)7-6-8-12(13-5)9-11(3)4/h6-8,10-11,13H,9H2,1-5H3/b7-6-,12-8+. The maximum Gasteiger partial charge on any atom is -0.0254 e. The number of hydrogen-bond acceptors (Lipinski definition) is 0. The molecule has 0 rings (SSSR count). The highest BCUT2D eigenvalue weighted by atomic mass is 31.1. The van der Waals surface area contributed by atoms with E-state index >= 15 is 0 Å². The van der Waals surface area contributed by atoms with Crippen LogP contribution in [0.2, 0.25) is 0 Å². The molecule has 0 amide bonds. The summed E-state index contributed by atoms with van der Waals surface area (Å²) >= 11 is 0. The fraction of sp³-hybridized carbons (Fsp3) is 0.667. The molecule has 0 radical (unpaired) electrons. The van der Waals surface area contributed by atoms with Gasteiger partial charge in [-0.3, -0.25) is 0 Å². The molecule has 0 aliphatic carbocycles. The van der Waals surface area contributed by atoms with Gasteiger partial charge < -0.3 is 0 Å². The van der Waals surface area contributed by atoms with Crippen molar-refractivity contribution in [2.24, 2.45) is 11.8 Å². The Balaban J connectivity index is 4.06. The summed E-state index contributed by atoms with van der Waals surface area (Å²) in [4.78, 5) is 0. The molecule has 0 bridgehead atoms. The Hall–Kier alpha value is -0.0900. The van der Waals surface area contributed by atoms with E-state index in [0.29, 0.717) is 5.92 Å². The molecule has 0 nitrogen and oxygen atoms in total. The smallest absolute Gasteiger partial charge is 0.0254 e. The molecule has 1 unspecified atom stereocenters. The minimum atomic E-state index is 0.664. The molecule has 0 aromatic rings. The Morgan fingerprint density at radius 1 is 1.23 bits per heavy atom. The van der Waals surface area contributed by atoms with Crippen molar-refractivity contribution < 1.29 is 0 Å². The van der Waals surface area contributed by atoms with Crippen LogP contribution in [0.4, 0.5) is 0 Å². The van der Waals surface area contributed by atoms with Crippen molar-refractivity contribution in [2.45, 2.75) is 34.1 Å². The minimum Gasteiger partial charge on any atom is -0.0980 e. The first-order valence-electron chi connectivity index (χ1n) is 5.11. The van der Waals surface area contributed by atoms with Gasteiger partial charge in [0.1, 0.15) is 0 Å². The summed E-state index contributed by atoms with van der Waals surface area (Å²) in [6, 6.07) is 0. The quantitative estimate of drug-likeness (QED) is 0.452. The molecule has 0 spiro atoms. The van der Waals surface area contributed by atoms with Crippen LogP contribution in [0.3, 0.4) is 0 Å². The molecule has 76 valence electrons. The van der Waals surface area contributed by atoms with Crippen molar-refractivity contribution in [3.63, 3.8) is 0 Å². The van der Waals surface area contributed by atoms with E-state index in [1.807, 2.05) is 0 Å². The molecule has 0 N–H and O–H groups in total. The van der Waals surface area contributed by atoms with E-state index in [9.17, 15) is 0 Å². The summed E-state index contributed by atoms with van der Waals surface area (Å²) in [5, 5.41) is 1.59. The highest BCUT2D eigenvalue weighted by Gasteiger charge is 1.97. The first kappa shape index (κ1) is 12.9. The van der Waals surface area contributed by atoms with Crippen LogP contribution in [0.15, 0.2) is 23.5 Å². The highest BCUT2D eigenvalue weighted by molar-refractivity contribution is 7.42. The van der Waals surface area contributed by atoms with Crippen LogP contribution >= 0.6 is 8.58 Å². The highest BCUT2D eigenvalue weighted by Crippen LogP contribution is 2.26. The normalized spacial score (nSPS) is 14.5. The van der Waals surface area contributed by atoms with Crippen molar-refractivity contribution in [3.8, 4) is 0 Å². The van der Waals surface area contributed by atoms with Gasteiger partial charge in [0, 0.05) is 0 Å². The summed E-state index contributed by atoms with van der Waals surface area (Å²) < 4.78 is 0. The van der Waals surface area contributed by atoms with E-state index < -0.39 is 0 Å². The van der Waals surface area contributed by atoms with Crippen LogP contribution in [-0.2, 0) is 0 Å². The molecule has 1 heteroatoms. The van der Waals surface area contributed by atoms with Crippen LogP contribution in [0, 0.1) is 11.8 Å². The van der Waals surface area contributed by atoms with Crippen molar-refractivity contribution >= 4 is 8.58 Å². The topological polar surface area (TPSA) is 0 Å². The predicted octanol–water partition coefficient (Wildman–Crippen LogP) is 4.44. The molecule has 0 aromatic heterocycles. The van der Waals surface area contributed by atoms with E-state index in [0.717, 1.165) is 14.5 Å². The van der Waals surface area contributed by atoms with Crippen molar-refractivity contribution in [1.29, 1.82) is 0 Å². The second kappa shape index (κ2) is 7.33. The van der Waals surface area contributed by atoms with E-state index in [1.54, 1.807) is 5.31 Å². The third-order valence-electron chi connectivity index (χ3n) is 1.74. The zero-order chi connectivity index (χ0) is 10.3. The molecular formula is C12H23P. The van der Waals surface area contributed by atoms with Gasteiger partial charge in [0.2, 0.25) is 0 Å². The van der Waals surface area contributed by atoms with Crippen LogP contribution in [0.1, 0.15) is 34.1 Å². The molecular weight excluding hydrogens is 175 g/mol. The average molecular weight is 198 g/mol. The Kier molecular flexibility index (Phi) is 7.28. The van der Waals surface area contributed by atoms with E-state index in [4.69, 9.17) is 0 Å². The zero-order valence-corrected chi connectivity index (χ0v) is 10.6. The molecule has 0 aromatic carbocycles. The molecule has 0 aliphatic rings. The Morgan fingerprint density at radius 2 is 1.85 bits per heavy atom. The first-order valence-corrected chi connectivity index (χ1v) is 6.61. The van der Waals surface area contributed by atoms with Gasteiger partial charge in [-0.15, -0.1) is 0 Å². The van der Waals surface area contributed by atoms with Crippen LogP contribution < -0.4 is 0 Å². The van der Waals surface area contributed by atoms with Gasteiger partial charge in [-0.2, -0.15) is 0 Å². The van der Waals surface area contributed by atoms with Gasteiger partial charge in [0.05, 0.1) is 0 Å². The maximum absolute atomic E-state index is 2.29. The SMILES string of the molecule is CP/C(=C/C=C\C(C)C)CC(C)C. The molecule has 13 heavy (non-hydrogen) atoms. The van der Waals surface area contributed by atoms with Gasteiger partial charge in [-0.25, -0.2) is 0 Å². The van der Waals surface area contributed by atoms with E-state index in [-0.39, 0.29) is 0 Å². The molecule has 1 atom stereocenters. The Bertz CT molecular complexity index is 176. The molecule has 0 aliphatic heterocycles. The molecule has 0 saturated heterocycles. The fourth-order valence-electron chi connectivity index (χ4n) is 1.09. The lowest BCUT2D eigenvalue weighted by Crippen LogP contribution is -1.86. The molecule has 0 saturated carbocycles. The summed E-state index contributed by atoms with van der Waals surface area (Å²) in [5.41, 5.74) is 0. The largest absolute Gasteiger partial charge is 0.0980 e. The Morgan fingerprint density at radius 3 is 2.23 bits per heavy atom. The second-order valence-electron chi connectivity index (χ2n) is 4.17. The summed E-state index contributed by atoms with van der Waals surface area (Å²) in [6.07, 6.45) is 8.00. The number of hydrogen-bond donors (Lipinski definition) is 0. The lowest BCUT2D eigenvalue weighted by atomic mass is 10.1. The minimum absolute atomic E-state index is 0.664. The van der Waals surface area contributed by atoms with Crippen LogP contribution in [0.5, 0.6) is 0 Å². The fourth-order valence-corrected chi connectivity index (χ4v) is 1.96. The van der Waals surface area contributed by atoms with Gasteiger partial charge in [0.15, 0.2) is 0 Å². The maximum atomic E-state index is 2.29. The number of allylic oxidation sites excluding steroid dienone is 4. The average Bonchev–Trinajstić information content (AvgIpc) is 2.01. The van der Waals surface area contributed by atoms with Crippen molar-refractivity contribution in [1.82, 2.24) is 0 Å². The Labute approximate surface area is 85.3 Å². The second-order valence-corrected chi connectivity index (χ2v) is 5.31. The monoisotopic (exact) mass is 198 g/mol. The lowest BCUT2D eigenvalue weighted by Gasteiger charge is -2.06. The van der Waals surface area contributed by atoms with E-state index in [2.05, 4.69) is 52.6 Å². The van der Waals surface area contributed by atoms with Crippen LogP contribution in [0.25, 0.3) is 0 Å². The van der Waals surface area contributed by atoms with Gasteiger partial charge in [-0.1, -0.05) is 54.5 Å². The first-order chi connectivity index (χ1) is 6.06. The third kappa shape index (κ3) is 8.25. The third-order valence-corrected chi connectivity index (χ3v) is 2.76. The van der Waals surface area contributed by atoms with Crippen molar-refractivity contribution in [3.05, 3.63) is 23.5 Å².